The predicted molar refractivity (Wildman–Crippen MR) is 97.0 cm³/mol. The molecule has 3 aromatic rings. The van der Waals surface area contributed by atoms with Gasteiger partial charge in [0.25, 0.3) is 5.56 Å². The van der Waals surface area contributed by atoms with Crippen molar-refractivity contribution in [2.75, 3.05) is 13.2 Å². The molecular weight excluding hydrogens is 372 g/mol. The van der Waals surface area contributed by atoms with Crippen LogP contribution in [0.5, 0.6) is 0 Å². The van der Waals surface area contributed by atoms with E-state index in [1.54, 1.807) is 21.6 Å². The minimum absolute atomic E-state index is 0.0395. The average molecular weight is 391 g/mol. The van der Waals surface area contributed by atoms with Crippen LogP contribution in [-0.4, -0.2) is 32.5 Å². The van der Waals surface area contributed by atoms with E-state index in [4.69, 9.17) is 4.74 Å². The molecule has 3 heterocycles. The summed E-state index contributed by atoms with van der Waals surface area (Å²) in [5.41, 5.74) is 2.56. The van der Waals surface area contributed by atoms with E-state index in [1.165, 1.54) is 0 Å². The maximum Gasteiger partial charge on any atom is 0.265 e. The Balaban J connectivity index is 2.05. The number of ether oxygens (including phenoxy) is 1. The lowest BCUT2D eigenvalue weighted by molar-refractivity contribution is 0.141. The van der Waals surface area contributed by atoms with E-state index in [0.717, 1.165) is 28.6 Å². The first kappa shape index (κ1) is 16.9. The normalized spacial score (nSPS) is 11.3. The van der Waals surface area contributed by atoms with E-state index in [1.807, 2.05) is 32.3 Å². The summed E-state index contributed by atoms with van der Waals surface area (Å²) in [6.45, 7) is 3.89. The summed E-state index contributed by atoms with van der Waals surface area (Å²) in [6.07, 6.45) is 6.25. The largest absolute Gasteiger partial charge is 0.382 e. The number of hydrogen-bond donors (Lipinski definition) is 0. The molecule has 0 aliphatic rings. The van der Waals surface area contributed by atoms with E-state index in [9.17, 15) is 4.79 Å². The quantitative estimate of drug-likeness (QED) is 0.607. The topological polar surface area (TPSA) is 61.9 Å². The highest BCUT2D eigenvalue weighted by molar-refractivity contribution is 9.10. The highest BCUT2D eigenvalue weighted by atomic mass is 79.9. The SMILES string of the molecule is CCOCCCn1c(=O)c(Br)cc2cnc(-c3cnn(C)c3)cc21. The van der Waals surface area contributed by atoms with E-state index in [0.29, 0.717) is 24.2 Å². The van der Waals surface area contributed by atoms with Gasteiger partial charge in [0.05, 0.1) is 21.9 Å². The second-order valence-electron chi connectivity index (χ2n) is 5.53. The van der Waals surface area contributed by atoms with Gasteiger partial charge in [-0.05, 0) is 41.4 Å². The Morgan fingerprint density at radius 2 is 2.12 bits per heavy atom. The molecule has 0 N–H and O–H groups in total. The van der Waals surface area contributed by atoms with Gasteiger partial charge in [0.1, 0.15) is 0 Å². The molecule has 0 unspecified atom stereocenters. The zero-order chi connectivity index (χ0) is 17.1. The Labute approximate surface area is 148 Å². The van der Waals surface area contributed by atoms with Crippen LogP contribution in [0, 0.1) is 0 Å². The smallest absolute Gasteiger partial charge is 0.265 e. The third-order valence-electron chi connectivity index (χ3n) is 3.81. The van der Waals surface area contributed by atoms with Crippen molar-refractivity contribution in [2.45, 2.75) is 19.9 Å². The Kier molecular flexibility index (Phi) is 5.11. The van der Waals surface area contributed by atoms with Crippen LogP contribution in [0.1, 0.15) is 13.3 Å². The number of halogens is 1. The standard InChI is InChI=1S/C17H19BrN4O2/c1-3-24-6-4-5-22-16-8-15(13-10-20-21(2)11-13)19-9-12(16)7-14(18)17(22)23/h7-11H,3-6H2,1-2H3. The van der Waals surface area contributed by atoms with Crippen LogP contribution in [0.15, 0.2) is 40.0 Å². The van der Waals surface area contributed by atoms with Gasteiger partial charge in [-0.2, -0.15) is 5.10 Å². The van der Waals surface area contributed by atoms with Gasteiger partial charge >= 0.3 is 0 Å². The molecule has 3 rings (SSSR count). The second-order valence-corrected chi connectivity index (χ2v) is 6.38. The Bertz CT molecular complexity index is 917. The van der Waals surface area contributed by atoms with Crippen LogP contribution >= 0.6 is 15.9 Å². The van der Waals surface area contributed by atoms with Gasteiger partial charge in [-0.1, -0.05) is 0 Å². The first-order valence-electron chi connectivity index (χ1n) is 7.86. The van der Waals surface area contributed by atoms with E-state index in [2.05, 4.69) is 26.0 Å². The fraction of sp³-hybridized carbons (Fsp3) is 0.353. The van der Waals surface area contributed by atoms with Crippen molar-refractivity contribution >= 4 is 26.8 Å². The summed E-state index contributed by atoms with van der Waals surface area (Å²) in [5, 5.41) is 5.10. The Hall–Kier alpha value is -1.99. The van der Waals surface area contributed by atoms with Crippen molar-refractivity contribution in [3.8, 4) is 11.3 Å². The lowest BCUT2D eigenvalue weighted by Crippen LogP contribution is -2.22. The third-order valence-corrected chi connectivity index (χ3v) is 4.38. The Morgan fingerprint density at radius 3 is 2.83 bits per heavy atom. The molecular formula is C17H19BrN4O2. The molecule has 0 amide bonds. The molecule has 0 fully saturated rings. The lowest BCUT2D eigenvalue weighted by atomic mass is 10.2. The van der Waals surface area contributed by atoms with Crippen molar-refractivity contribution in [3.63, 3.8) is 0 Å². The lowest BCUT2D eigenvalue weighted by Gasteiger charge is -2.12. The van der Waals surface area contributed by atoms with Crippen molar-refractivity contribution in [1.29, 1.82) is 0 Å². The van der Waals surface area contributed by atoms with Gasteiger partial charge in [0, 0.05) is 50.1 Å². The molecule has 0 atom stereocenters. The van der Waals surface area contributed by atoms with Gasteiger partial charge in [-0.15, -0.1) is 0 Å². The number of rotatable bonds is 6. The molecule has 0 saturated carbocycles. The second kappa shape index (κ2) is 7.27. The molecule has 0 bridgehead atoms. The summed E-state index contributed by atoms with van der Waals surface area (Å²) in [7, 11) is 1.87. The van der Waals surface area contributed by atoms with Gasteiger partial charge in [0.15, 0.2) is 0 Å². The number of pyridine rings is 2. The first-order chi connectivity index (χ1) is 11.6. The van der Waals surface area contributed by atoms with Crippen LogP contribution in [0.2, 0.25) is 0 Å². The van der Waals surface area contributed by atoms with Crippen molar-refractivity contribution in [2.24, 2.45) is 7.05 Å². The van der Waals surface area contributed by atoms with E-state index >= 15 is 0 Å². The summed E-state index contributed by atoms with van der Waals surface area (Å²) in [5.74, 6) is 0. The fourth-order valence-electron chi connectivity index (χ4n) is 2.64. The first-order valence-corrected chi connectivity index (χ1v) is 8.65. The maximum atomic E-state index is 12.5. The van der Waals surface area contributed by atoms with Crippen molar-refractivity contribution < 1.29 is 4.74 Å². The minimum Gasteiger partial charge on any atom is -0.382 e. The number of fused-ring (bicyclic) bond motifs is 1. The molecule has 24 heavy (non-hydrogen) atoms. The maximum absolute atomic E-state index is 12.5. The molecule has 3 aromatic heterocycles. The number of nitrogens with zero attached hydrogens (tertiary/aromatic N) is 4. The van der Waals surface area contributed by atoms with Crippen molar-refractivity contribution in [1.82, 2.24) is 19.3 Å². The molecule has 0 aliphatic heterocycles. The van der Waals surface area contributed by atoms with Crippen molar-refractivity contribution in [3.05, 3.63) is 45.5 Å². The number of aryl methyl sites for hydroxylation is 2. The van der Waals surface area contributed by atoms with Crippen LogP contribution in [0.4, 0.5) is 0 Å². The van der Waals surface area contributed by atoms with Crippen LogP contribution < -0.4 is 5.56 Å². The molecule has 0 spiro atoms. The summed E-state index contributed by atoms with van der Waals surface area (Å²) >= 11 is 3.35. The molecule has 6 nitrogen and oxygen atoms in total. The monoisotopic (exact) mass is 390 g/mol. The molecule has 0 aromatic carbocycles. The van der Waals surface area contributed by atoms with Crippen LogP contribution in [0.25, 0.3) is 22.2 Å². The highest BCUT2D eigenvalue weighted by Gasteiger charge is 2.10. The Morgan fingerprint density at radius 1 is 1.29 bits per heavy atom. The van der Waals surface area contributed by atoms with E-state index < -0.39 is 0 Å². The zero-order valence-corrected chi connectivity index (χ0v) is 15.3. The van der Waals surface area contributed by atoms with Gasteiger partial charge in [0.2, 0.25) is 0 Å². The predicted octanol–water partition coefficient (Wildman–Crippen LogP) is 2.99. The third kappa shape index (κ3) is 3.42. The molecule has 0 radical (unpaired) electrons. The van der Waals surface area contributed by atoms with Gasteiger partial charge in [-0.25, -0.2) is 0 Å². The number of hydrogen-bond acceptors (Lipinski definition) is 4. The zero-order valence-electron chi connectivity index (χ0n) is 13.7. The molecule has 0 aliphatic carbocycles. The number of aromatic nitrogens is 4. The summed E-state index contributed by atoms with van der Waals surface area (Å²) in [6, 6.07) is 3.76. The molecule has 7 heteroatoms. The van der Waals surface area contributed by atoms with Crippen LogP contribution in [-0.2, 0) is 18.3 Å². The fourth-order valence-corrected chi connectivity index (χ4v) is 3.10. The average Bonchev–Trinajstić information content (AvgIpc) is 3.01. The van der Waals surface area contributed by atoms with Crippen LogP contribution in [0.3, 0.4) is 0 Å². The summed E-state index contributed by atoms with van der Waals surface area (Å²) in [4.78, 5) is 17.0. The van der Waals surface area contributed by atoms with Gasteiger partial charge in [-0.3, -0.25) is 14.5 Å². The minimum atomic E-state index is -0.0395. The molecule has 0 saturated heterocycles. The summed E-state index contributed by atoms with van der Waals surface area (Å²) < 4.78 is 9.44. The van der Waals surface area contributed by atoms with E-state index in [-0.39, 0.29) is 5.56 Å². The molecule has 126 valence electrons. The van der Waals surface area contributed by atoms with Gasteiger partial charge < -0.3 is 9.30 Å². The highest BCUT2D eigenvalue weighted by Crippen LogP contribution is 2.22.